The van der Waals surface area contributed by atoms with Gasteiger partial charge in [0.25, 0.3) is 0 Å². The summed E-state index contributed by atoms with van der Waals surface area (Å²) in [6.45, 7) is 12.2. The standard InChI is InChI=1S/C16H31N5S/c1-7-17-15(20-11-16(3,4)12-21(5)6)18-9-8-14-19-10-13(2)22-14/h10H,7-9,11-12H2,1-6H3,(H2,17,18,20). The van der Waals surface area contributed by atoms with Crippen molar-refractivity contribution in [3.63, 3.8) is 0 Å². The molecule has 0 radical (unpaired) electrons. The second-order valence-corrected chi connectivity index (χ2v) is 7.96. The van der Waals surface area contributed by atoms with Crippen LogP contribution >= 0.6 is 11.3 Å². The number of hydrogen-bond acceptors (Lipinski definition) is 4. The Balaban J connectivity index is 2.47. The molecular weight excluding hydrogens is 294 g/mol. The normalized spacial score (nSPS) is 12.8. The number of rotatable bonds is 8. The largest absolute Gasteiger partial charge is 0.357 e. The van der Waals surface area contributed by atoms with Crippen molar-refractivity contribution in [3.05, 3.63) is 16.1 Å². The topological polar surface area (TPSA) is 52.6 Å². The SMILES string of the molecule is CCNC(=NCC(C)(C)CN(C)C)NCCc1ncc(C)s1. The van der Waals surface area contributed by atoms with Gasteiger partial charge in [-0.05, 0) is 33.4 Å². The molecule has 0 unspecified atom stereocenters. The van der Waals surface area contributed by atoms with Gasteiger partial charge in [0, 0.05) is 43.7 Å². The number of aryl methyl sites for hydroxylation is 1. The van der Waals surface area contributed by atoms with Crippen LogP contribution in [0.1, 0.15) is 30.7 Å². The number of hydrogen-bond donors (Lipinski definition) is 2. The predicted octanol–water partition coefficient (Wildman–Crippen LogP) is 2.14. The maximum absolute atomic E-state index is 4.73. The van der Waals surface area contributed by atoms with Crippen LogP contribution in [0.2, 0.25) is 0 Å². The van der Waals surface area contributed by atoms with Crippen LogP contribution in [0.3, 0.4) is 0 Å². The molecule has 1 aromatic rings. The molecule has 0 fully saturated rings. The van der Waals surface area contributed by atoms with Gasteiger partial charge in [-0.3, -0.25) is 4.99 Å². The molecule has 1 rings (SSSR count). The van der Waals surface area contributed by atoms with Crippen LogP contribution in [0.25, 0.3) is 0 Å². The molecule has 0 aliphatic heterocycles. The molecule has 0 bridgehead atoms. The lowest BCUT2D eigenvalue weighted by atomic mass is 9.93. The number of guanidine groups is 1. The summed E-state index contributed by atoms with van der Waals surface area (Å²) in [5, 5.41) is 7.88. The second kappa shape index (κ2) is 9.10. The summed E-state index contributed by atoms with van der Waals surface area (Å²) in [6.07, 6.45) is 2.87. The highest BCUT2D eigenvalue weighted by Gasteiger charge is 2.18. The quantitative estimate of drug-likeness (QED) is 0.568. The predicted molar refractivity (Wildman–Crippen MR) is 96.9 cm³/mol. The first-order valence-electron chi connectivity index (χ1n) is 7.90. The fourth-order valence-electron chi connectivity index (χ4n) is 2.35. The highest BCUT2D eigenvalue weighted by atomic mass is 32.1. The van der Waals surface area contributed by atoms with Gasteiger partial charge in [0.15, 0.2) is 5.96 Å². The Bertz CT molecular complexity index is 465. The van der Waals surface area contributed by atoms with E-state index in [0.717, 1.165) is 38.6 Å². The maximum Gasteiger partial charge on any atom is 0.191 e. The van der Waals surface area contributed by atoms with Crippen molar-refractivity contribution in [1.29, 1.82) is 0 Å². The van der Waals surface area contributed by atoms with E-state index in [2.05, 4.69) is 62.3 Å². The summed E-state index contributed by atoms with van der Waals surface area (Å²) in [7, 11) is 4.20. The smallest absolute Gasteiger partial charge is 0.191 e. The van der Waals surface area contributed by atoms with Crippen molar-refractivity contribution in [2.75, 3.05) is 40.3 Å². The summed E-state index contributed by atoms with van der Waals surface area (Å²) >= 11 is 1.76. The number of aliphatic imine (C=N–C) groups is 1. The molecule has 0 aliphatic rings. The van der Waals surface area contributed by atoms with Gasteiger partial charge >= 0.3 is 0 Å². The number of nitrogens with zero attached hydrogens (tertiary/aromatic N) is 3. The molecule has 126 valence electrons. The first kappa shape index (κ1) is 18.9. The second-order valence-electron chi connectivity index (χ2n) is 6.64. The summed E-state index contributed by atoms with van der Waals surface area (Å²) in [6, 6.07) is 0. The molecular formula is C16H31N5S. The average molecular weight is 326 g/mol. The van der Waals surface area contributed by atoms with E-state index in [1.54, 1.807) is 11.3 Å². The Morgan fingerprint density at radius 1 is 1.36 bits per heavy atom. The van der Waals surface area contributed by atoms with Crippen LogP contribution in [0.4, 0.5) is 0 Å². The highest BCUT2D eigenvalue weighted by Crippen LogP contribution is 2.16. The van der Waals surface area contributed by atoms with Crippen LogP contribution < -0.4 is 10.6 Å². The van der Waals surface area contributed by atoms with Gasteiger partial charge in [0.2, 0.25) is 0 Å². The molecule has 22 heavy (non-hydrogen) atoms. The molecule has 0 aromatic carbocycles. The van der Waals surface area contributed by atoms with Crippen LogP contribution in [0.5, 0.6) is 0 Å². The van der Waals surface area contributed by atoms with E-state index in [-0.39, 0.29) is 5.41 Å². The van der Waals surface area contributed by atoms with Crippen LogP contribution in [-0.2, 0) is 6.42 Å². The lowest BCUT2D eigenvalue weighted by molar-refractivity contribution is 0.248. The van der Waals surface area contributed by atoms with Crippen molar-refractivity contribution in [2.45, 2.75) is 34.1 Å². The van der Waals surface area contributed by atoms with Gasteiger partial charge < -0.3 is 15.5 Å². The molecule has 1 heterocycles. The molecule has 0 saturated heterocycles. The maximum atomic E-state index is 4.73. The van der Waals surface area contributed by atoms with Crippen molar-refractivity contribution >= 4 is 17.3 Å². The van der Waals surface area contributed by atoms with Gasteiger partial charge in [-0.25, -0.2) is 4.98 Å². The van der Waals surface area contributed by atoms with Crippen LogP contribution in [0, 0.1) is 12.3 Å². The third-order valence-electron chi connectivity index (χ3n) is 3.05. The monoisotopic (exact) mass is 325 g/mol. The molecule has 0 atom stereocenters. The van der Waals surface area contributed by atoms with E-state index in [0.29, 0.717) is 0 Å². The molecule has 0 amide bonds. The fourth-order valence-corrected chi connectivity index (χ4v) is 3.13. The van der Waals surface area contributed by atoms with E-state index in [4.69, 9.17) is 4.99 Å². The van der Waals surface area contributed by atoms with Crippen LogP contribution in [-0.4, -0.2) is 56.1 Å². The molecule has 0 saturated carbocycles. The minimum atomic E-state index is 0.165. The van der Waals surface area contributed by atoms with E-state index in [9.17, 15) is 0 Å². The molecule has 6 heteroatoms. The zero-order valence-corrected chi connectivity index (χ0v) is 15.7. The zero-order valence-electron chi connectivity index (χ0n) is 14.9. The molecule has 2 N–H and O–H groups in total. The number of aromatic nitrogens is 1. The summed E-state index contributed by atoms with van der Waals surface area (Å²) in [4.78, 5) is 12.6. The van der Waals surface area contributed by atoms with Gasteiger partial charge in [-0.2, -0.15) is 0 Å². The first-order chi connectivity index (χ1) is 10.3. The minimum absolute atomic E-state index is 0.165. The Morgan fingerprint density at radius 3 is 2.64 bits per heavy atom. The highest BCUT2D eigenvalue weighted by molar-refractivity contribution is 7.11. The average Bonchev–Trinajstić information content (AvgIpc) is 2.80. The van der Waals surface area contributed by atoms with Crippen molar-refractivity contribution in [3.8, 4) is 0 Å². The van der Waals surface area contributed by atoms with E-state index < -0.39 is 0 Å². The lowest BCUT2D eigenvalue weighted by Gasteiger charge is -2.26. The molecule has 1 aromatic heterocycles. The Kier molecular flexibility index (Phi) is 7.82. The summed E-state index contributed by atoms with van der Waals surface area (Å²) in [5.41, 5.74) is 0.165. The van der Waals surface area contributed by atoms with Crippen molar-refractivity contribution in [1.82, 2.24) is 20.5 Å². The Hall–Kier alpha value is -1.14. The van der Waals surface area contributed by atoms with Gasteiger partial charge in [-0.1, -0.05) is 13.8 Å². The zero-order chi connectivity index (χ0) is 16.6. The van der Waals surface area contributed by atoms with Gasteiger partial charge in [0.1, 0.15) is 0 Å². The number of thiazole rings is 1. The summed E-state index contributed by atoms with van der Waals surface area (Å²) < 4.78 is 0. The Labute approximate surface area is 139 Å². The van der Waals surface area contributed by atoms with Crippen LogP contribution in [0.15, 0.2) is 11.2 Å². The van der Waals surface area contributed by atoms with Crippen molar-refractivity contribution in [2.24, 2.45) is 10.4 Å². The summed E-state index contributed by atoms with van der Waals surface area (Å²) in [5.74, 6) is 0.891. The minimum Gasteiger partial charge on any atom is -0.357 e. The molecule has 0 spiro atoms. The van der Waals surface area contributed by atoms with Gasteiger partial charge in [0.05, 0.1) is 5.01 Å². The molecule has 5 nitrogen and oxygen atoms in total. The van der Waals surface area contributed by atoms with E-state index >= 15 is 0 Å². The first-order valence-corrected chi connectivity index (χ1v) is 8.72. The number of nitrogens with one attached hydrogen (secondary N) is 2. The Morgan fingerprint density at radius 2 is 2.09 bits per heavy atom. The fraction of sp³-hybridized carbons (Fsp3) is 0.750. The van der Waals surface area contributed by atoms with E-state index in [1.165, 1.54) is 9.88 Å². The molecule has 0 aliphatic carbocycles. The lowest BCUT2D eigenvalue weighted by Crippen LogP contribution is -2.40. The third kappa shape index (κ3) is 7.75. The van der Waals surface area contributed by atoms with E-state index in [1.807, 2.05) is 6.20 Å². The third-order valence-corrected chi connectivity index (χ3v) is 4.03. The van der Waals surface area contributed by atoms with Gasteiger partial charge in [-0.15, -0.1) is 11.3 Å². The van der Waals surface area contributed by atoms with Crippen molar-refractivity contribution < 1.29 is 0 Å².